The van der Waals surface area contributed by atoms with Gasteiger partial charge in [0.2, 0.25) is 0 Å². The highest BCUT2D eigenvalue weighted by Crippen LogP contribution is 2.22. The summed E-state index contributed by atoms with van der Waals surface area (Å²) >= 11 is 1.21. The normalized spacial score (nSPS) is 11.7. The van der Waals surface area contributed by atoms with Gasteiger partial charge in [-0.15, -0.1) is 5.10 Å². The maximum absolute atomic E-state index is 11.9. The first kappa shape index (κ1) is 11.0. The molecule has 0 aliphatic heterocycles. The molecular formula is C11H12N2O2S. The van der Waals surface area contributed by atoms with Crippen LogP contribution in [0.25, 0.3) is 10.2 Å². The van der Waals surface area contributed by atoms with Gasteiger partial charge < -0.3 is 4.74 Å². The number of carbonyl (C=O) groups excluding carboxylic acids is 1. The molecule has 4 nitrogen and oxygen atoms in total. The molecule has 5 heteroatoms. The Hall–Kier alpha value is -1.49. The molecule has 1 aromatic heterocycles. The van der Waals surface area contributed by atoms with Crippen LogP contribution in [0.3, 0.4) is 0 Å². The van der Waals surface area contributed by atoms with Gasteiger partial charge >= 0.3 is 5.97 Å². The number of ether oxygens (including phenoxy) is 1. The van der Waals surface area contributed by atoms with E-state index in [1.54, 1.807) is 12.1 Å². The van der Waals surface area contributed by atoms with E-state index in [1.807, 2.05) is 26.8 Å². The highest BCUT2D eigenvalue weighted by Gasteiger charge is 2.20. The highest BCUT2D eigenvalue weighted by atomic mass is 32.1. The van der Waals surface area contributed by atoms with Crippen LogP contribution in [0, 0.1) is 0 Å². The molecule has 0 saturated carbocycles. The van der Waals surface area contributed by atoms with E-state index in [-0.39, 0.29) is 5.97 Å². The van der Waals surface area contributed by atoms with Crippen molar-refractivity contribution in [3.05, 3.63) is 23.8 Å². The Labute approximate surface area is 97.4 Å². The minimum atomic E-state index is -0.489. The van der Waals surface area contributed by atoms with E-state index in [0.717, 1.165) is 10.2 Å². The van der Waals surface area contributed by atoms with E-state index in [4.69, 9.17) is 4.74 Å². The van der Waals surface area contributed by atoms with Crippen molar-refractivity contribution in [3.63, 3.8) is 0 Å². The van der Waals surface area contributed by atoms with Crippen LogP contribution in [0.5, 0.6) is 0 Å². The Morgan fingerprint density at radius 2 is 2.12 bits per heavy atom. The predicted octanol–water partition coefficient (Wildman–Crippen LogP) is 2.65. The van der Waals surface area contributed by atoms with E-state index in [0.29, 0.717) is 5.56 Å². The number of hydrogen-bond donors (Lipinski definition) is 0. The second kappa shape index (κ2) is 3.83. The molecule has 1 heterocycles. The van der Waals surface area contributed by atoms with E-state index in [2.05, 4.69) is 9.59 Å². The van der Waals surface area contributed by atoms with Gasteiger partial charge in [-0.3, -0.25) is 0 Å². The lowest BCUT2D eigenvalue weighted by Gasteiger charge is -2.19. The largest absolute Gasteiger partial charge is 0.456 e. The first-order chi connectivity index (χ1) is 7.47. The summed E-state index contributed by atoms with van der Waals surface area (Å²) in [5.41, 5.74) is 0.771. The van der Waals surface area contributed by atoms with Gasteiger partial charge in [0, 0.05) is 0 Å². The standard InChI is InChI=1S/C11H12N2O2S/c1-11(2,3)15-10(14)7-5-4-6-8-9(7)16-13-12-8/h4-6H,1-3H3. The van der Waals surface area contributed by atoms with Crippen LogP contribution in [-0.2, 0) is 4.74 Å². The Kier molecular flexibility index (Phi) is 2.63. The zero-order valence-corrected chi connectivity index (χ0v) is 10.2. The molecule has 0 spiro atoms. The summed E-state index contributed by atoms with van der Waals surface area (Å²) in [6, 6.07) is 5.34. The quantitative estimate of drug-likeness (QED) is 0.714. The monoisotopic (exact) mass is 236 g/mol. The molecule has 2 aromatic rings. The first-order valence-corrected chi connectivity index (χ1v) is 5.69. The average Bonchev–Trinajstić information content (AvgIpc) is 2.61. The highest BCUT2D eigenvalue weighted by molar-refractivity contribution is 7.13. The van der Waals surface area contributed by atoms with E-state index in [9.17, 15) is 4.79 Å². The van der Waals surface area contributed by atoms with Crippen molar-refractivity contribution < 1.29 is 9.53 Å². The Morgan fingerprint density at radius 1 is 1.38 bits per heavy atom. The second-order valence-corrected chi connectivity index (χ2v) is 5.18. The zero-order chi connectivity index (χ0) is 11.8. The number of esters is 1. The van der Waals surface area contributed by atoms with Gasteiger partial charge in [0.1, 0.15) is 11.1 Å². The fourth-order valence-corrected chi connectivity index (χ4v) is 1.96. The van der Waals surface area contributed by atoms with E-state index < -0.39 is 5.60 Å². The zero-order valence-electron chi connectivity index (χ0n) is 9.35. The second-order valence-electron chi connectivity index (χ2n) is 4.43. The molecule has 0 unspecified atom stereocenters. The molecule has 16 heavy (non-hydrogen) atoms. The predicted molar refractivity (Wildman–Crippen MR) is 62.6 cm³/mol. The van der Waals surface area contributed by atoms with Gasteiger partial charge in [-0.1, -0.05) is 10.6 Å². The summed E-state index contributed by atoms with van der Waals surface area (Å²) in [5.74, 6) is -0.329. The first-order valence-electron chi connectivity index (χ1n) is 4.92. The average molecular weight is 236 g/mol. The fourth-order valence-electron chi connectivity index (χ4n) is 1.30. The van der Waals surface area contributed by atoms with Crippen LogP contribution in [0.15, 0.2) is 18.2 Å². The number of rotatable bonds is 1. The van der Waals surface area contributed by atoms with Crippen molar-refractivity contribution in [2.75, 3.05) is 0 Å². The Balaban J connectivity index is 2.40. The van der Waals surface area contributed by atoms with Gasteiger partial charge in [-0.05, 0) is 44.4 Å². The van der Waals surface area contributed by atoms with E-state index in [1.165, 1.54) is 11.5 Å². The van der Waals surface area contributed by atoms with Crippen LogP contribution in [0.1, 0.15) is 31.1 Å². The van der Waals surface area contributed by atoms with Crippen molar-refractivity contribution in [1.82, 2.24) is 9.59 Å². The summed E-state index contributed by atoms with van der Waals surface area (Å²) in [5, 5.41) is 3.92. The molecule has 0 aliphatic carbocycles. The number of nitrogens with zero attached hydrogens (tertiary/aromatic N) is 2. The molecule has 0 N–H and O–H groups in total. The smallest absolute Gasteiger partial charge is 0.340 e. The third-order valence-electron chi connectivity index (χ3n) is 1.89. The van der Waals surface area contributed by atoms with Gasteiger partial charge in [-0.25, -0.2) is 4.79 Å². The van der Waals surface area contributed by atoms with Gasteiger partial charge in [0.05, 0.1) is 10.3 Å². The van der Waals surface area contributed by atoms with Crippen molar-refractivity contribution in [1.29, 1.82) is 0 Å². The van der Waals surface area contributed by atoms with Gasteiger partial charge in [-0.2, -0.15) is 0 Å². The number of carbonyl (C=O) groups is 1. The molecule has 0 fully saturated rings. The summed E-state index contributed by atoms with van der Waals surface area (Å²) in [4.78, 5) is 11.9. The topological polar surface area (TPSA) is 52.1 Å². The van der Waals surface area contributed by atoms with E-state index >= 15 is 0 Å². The fraction of sp³-hybridized carbons (Fsp3) is 0.364. The Morgan fingerprint density at radius 3 is 2.81 bits per heavy atom. The molecule has 0 aliphatic rings. The summed E-state index contributed by atoms with van der Waals surface area (Å²) < 4.78 is 9.91. The third-order valence-corrected chi connectivity index (χ3v) is 2.67. The molecule has 0 atom stereocenters. The number of hydrogen-bond acceptors (Lipinski definition) is 5. The molecule has 84 valence electrons. The van der Waals surface area contributed by atoms with Gasteiger partial charge in [0.25, 0.3) is 0 Å². The Bertz CT molecular complexity index is 528. The van der Waals surface area contributed by atoms with Crippen LogP contribution < -0.4 is 0 Å². The third kappa shape index (κ3) is 2.19. The SMILES string of the molecule is CC(C)(C)OC(=O)c1cccc2nnsc12. The summed E-state index contributed by atoms with van der Waals surface area (Å²) in [6.45, 7) is 5.53. The van der Waals surface area contributed by atoms with Crippen LogP contribution in [-0.4, -0.2) is 21.2 Å². The lowest BCUT2D eigenvalue weighted by atomic mass is 10.1. The maximum Gasteiger partial charge on any atom is 0.340 e. The minimum absolute atomic E-state index is 0.329. The van der Waals surface area contributed by atoms with Crippen molar-refractivity contribution in [2.24, 2.45) is 0 Å². The number of fused-ring (bicyclic) bond motifs is 1. The lowest BCUT2D eigenvalue weighted by molar-refractivity contribution is 0.00721. The van der Waals surface area contributed by atoms with Crippen molar-refractivity contribution in [2.45, 2.75) is 26.4 Å². The van der Waals surface area contributed by atoms with Gasteiger partial charge in [0.15, 0.2) is 0 Å². The minimum Gasteiger partial charge on any atom is -0.456 e. The number of aromatic nitrogens is 2. The molecule has 0 saturated heterocycles. The number of benzene rings is 1. The van der Waals surface area contributed by atoms with Crippen LogP contribution in [0.4, 0.5) is 0 Å². The molecule has 0 bridgehead atoms. The molecule has 1 aromatic carbocycles. The van der Waals surface area contributed by atoms with Crippen molar-refractivity contribution in [3.8, 4) is 0 Å². The molecular weight excluding hydrogens is 224 g/mol. The summed E-state index contributed by atoms with van der Waals surface area (Å²) in [7, 11) is 0. The van der Waals surface area contributed by atoms with Crippen LogP contribution >= 0.6 is 11.5 Å². The van der Waals surface area contributed by atoms with Crippen LogP contribution in [0.2, 0.25) is 0 Å². The summed E-state index contributed by atoms with van der Waals surface area (Å²) in [6.07, 6.45) is 0. The molecule has 0 radical (unpaired) electrons. The maximum atomic E-state index is 11.9. The lowest BCUT2D eigenvalue weighted by Crippen LogP contribution is -2.23. The molecule has 0 amide bonds. The van der Waals surface area contributed by atoms with Crippen molar-refractivity contribution >= 4 is 27.7 Å². The molecule has 2 rings (SSSR count).